The van der Waals surface area contributed by atoms with Crippen molar-refractivity contribution in [3.8, 4) is 0 Å². The molecule has 8 heteroatoms. The predicted octanol–water partition coefficient (Wildman–Crippen LogP) is 4.62. The smallest absolute Gasteiger partial charge is 0.233 e. The summed E-state index contributed by atoms with van der Waals surface area (Å²) in [6.07, 6.45) is 3.56. The topological polar surface area (TPSA) is 66.5 Å². The molecule has 1 aromatic carbocycles. The molecule has 0 unspecified atom stereocenters. The number of imide groups is 1. The van der Waals surface area contributed by atoms with Crippen molar-refractivity contribution in [1.82, 2.24) is 4.90 Å². The molecule has 3 amide bonds. The fourth-order valence-corrected chi connectivity index (χ4v) is 7.19. The first-order valence-corrected chi connectivity index (χ1v) is 12.3. The number of amides is 3. The number of fused-ring (bicyclic) bond motifs is 5. The van der Waals surface area contributed by atoms with Gasteiger partial charge in [-0.15, -0.1) is 0 Å². The number of halogens is 3. The molecule has 4 rings (SSSR count). The molecule has 0 spiro atoms. The predicted molar refractivity (Wildman–Crippen MR) is 119 cm³/mol. The number of carbonyl (C=O) groups excluding carboxylic acids is 3. The third kappa shape index (κ3) is 3.90. The molecule has 5 nitrogen and oxygen atoms in total. The number of nitrogens with zero attached hydrogens (tertiary/aromatic N) is 1. The summed E-state index contributed by atoms with van der Waals surface area (Å²) in [5, 5.41) is 3.33. The van der Waals surface area contributed by atoms with Crippen LogP contribution < -0.4 is 5.32 Å². The number of hydrogen-bond donors (Lipinski definition) is 1. The van der Waals surface area contributed by atoms with Crippen LogP contribution in [0.15, 0.2) is 24.3 Å². The maximum Gasteiger partial charge on any atom is 0.233 e. The Morgan fingerprint density at radius 3 is 2.28 bits per heavy atom. The highest BCUT2D eigenvalue weighted by atomic mass is 79.9. The van der Waals surface area contributed by atoms with Crippen molar-refractivity contribution in [1.29, 1.82) is 0 Å². The van der Waals surface area contributed by atoms with E-state index in [2.05, 4.69) is 37.2 Å². The average molecular weight is 547 g/mol. The van der Waals surface area contributed by atoms with Gasteiger partial charge in [-0.1, -0.05) is 62.0 Å². The number of para-hydroxylation sites is 1. The highest BCUT2D eigenvalue weighted by Gasteiger charge is 2.66. The molecule has 3 aliphatic rings. The Balaban J connectivity index is 1.22. The minimum atomic E-state index is -0.146. The number of hydrogen-bond acceptors (Lipinski definition) is 3. The number of rotatable bonds is 7. The van der Waals surface area contributed by atoms with Gasteiger partial charge in [0.25, 0.3) is 0 Å². The molecule has 1 N–H and O–H groups in total. The van der Waals surface area contributed by atoms with E-state index >= 15 is 0 Å². The third-order valence-corrected chi connectivity index (χ3v) is 10.0. The fourth-order valence-electron chi connectivity index (χ4n) is 5.14. The Morgan fingerprint density at radius 1 is 1.03 bits per heavy atom. The van der Waals surface area contributed by atoms with Gasteiger partial charge in [0.15, 0.2) is 0 Å². The van der Waals surface area contributed by atoms with Crippen LogP contribution >= 0.6 is 43.5 Å². The van der Waals surface area contributed by atoms with E-state index in [1.807, 2.05) is 12.1 Å². The maximum absolute atomic E-state index is 12.8. The molecule has 1 aromatic rings. The van der Waals surface area contributed by atoms with E-state index in [9.17, 15) is 14.4 Å². The Hall–Kier alpha value is -0.920. The van der Waals surface area contributed by atoms with Crippen molar-refractivity contribution < 1.29 is 14.4 Å². The third-order valence-electron chi connectivity index (χ3n) is 6.51. The molecule has 0 radical (unpaired) electrons. The Morgan fingerprint density at radius 2 is 1.66 bits per heavy atom. The summed E-state index contributed by atoms with van der Waals surface area (Å²) in [6.45, 7) is 0.455. The zero-order chi connectivity index (χ0) is 20.7. The van der Waals surface area contributed by atoms with Gasteiger partial charge >= 0.3 is 0 Å². The van der Waals surface area contributed by atoms with Crippen LogP contribution in [0.5, 0.6) is 0 Å². The van der Waals surface area contributed by atoms with E-state index in [4.69, 9.17) is 11.6 Å². The van der Waals surface area contributed by atoms with E-state index in [0.717, 1.165) is 19.3 Å². The monoisotopic (exact) mass is 544 g/mol. The van der Waals surface area contributed by atoms with E-state index in [1.165, 1.54) is 4.90 Å². The molecular weight excluding hydrogens is 524 g/mol. The molecule has 2 bridgehead atoms. The normalized spacial score (nSPS) is 32.7. The van der Waals surface area contributed by atoms with Crippen LogP contribution in [0.3, 0.4) is 0 Å². The van der Waals surface area contributed by atoms with Crippen LogP contribution in [-0.4, -0.2) is 38.8 Å². The number of likely N-dealkylation sites (tertiary alicyclic amines) is 1. The lowest BCUT2D eigenvalue weighted by Crippen LogP contribution is -2.37. The van der Waals surface area contributed by atoms with Gasteiger partial charge < -0.3 is 5.32 Å². The number of anilines is 1. The van der Waals surface area contributed by atoms with E-state index in [1.54, 1.807) is 12.1 Å². The van der Waals surface area contributed by atoms with Crippen LogP contribution in [0.1, 0.15) is 32.1 Å². The van der Waals surface area contributed by atoms with Gasteiger partial charge in [0.2, 0.25) is 17.7 Å². The lowest BCUT2D eigenvalue weighted by molar-refractivity contribution is -0.140. The Kier molecular flexibility index (Phi) is 6.38. The van der Waals surface area contributed by atoms with Crippen molar-refractivity contribution in [2.75, 3.05) is 11.9 Å². The lowest BCUT2D eigenvalue weighted by atomic mass is 9.81. The first-order chi connectivity index (χ1) is 13.9. The molecule has 1 heterocycles. The molecule has 1 saturated heterocycles. The number of carbonyl (C=O) groups is 3. The molecular formula is C21H23Br2ClN2O3. The van der Waals surface area contributed by atoms with E-state index in [-0.39, 0.29) is 51.0 Å². The van der Waals surface area contributed by atoms with Gasteiger partial charge in [-0.3, -0.25) is 19.3 Å². The minimum absolute atomic E-state index is 0.00723. The highest BCUT2D eigenvalue weighted by molar-refractivity contribution is 9.12. The Bertz CT molecular complexity index is 804. The van der Waals surface area contributed by atoms with Crippen molar-refractivity contribution in [2.24, 2.45) is 23.7 Å². The van der Waals surface area contributed by atoms with Crippen molar-refractivity contribution in [3.05, 3.63) is 29.3 Å². The molecule has 2 saturated carbocycles. The van der Waals surface area contributed by atoms with E-state index < -0.39 is 0 Å². The summed E-state index contributed by atoms with van der Waals surface area (Å²) in [5.41, 5.74) is 0.615. The summed E-state index contributed by atoms with van der Waals surface area (Å²) in [7, 11) is 0. The molecule has 6 atom stereocenters. The zero-order valence-electron chi connectivity index (χ0n) is 15.8. The minimum Gasteiger partial charge on any atom is -0.325 e. The van der Waals surface area contributed by atoms with Crippen molar-refractivity contribution in [2.45, 2.75) is 41.8 Å². The number of benzene rings is 1. The average Bonchev–Trinajstić information content (AvgIpc) is 3.29. The number of nitrogens with one attached hydrogen (secondary N) is 1. The van der Waals surface area contributed by atoms with Gasteiger partial charge in [-0.2, -0.15) is 0 Å². The van der Waals surface area contributed by atoms with Gasteiger partial charge in [0, 0.05) is 22.6 Å². The van der Waals surface area contributed by atoms with Crippen LogP contribution in [-0.2, 0) is 14.4 Å². The van der Waals surface area contributed by atoms with Crippen LogP contribution in [0, 0.1) is 23.7 Å². The second-order valence-corrected chi connectivity index (χ2v) is 10.7. The molecule has 2 aliphatic carbocycles. The zero-order valence-corrected chi connectivity index (χ0v) is 19.7. The van der Waals surface area contributed by atoms with Crippen molar-refractivity contribution >= 4 is 66.9 Å². The van der Waals surface area contributed by atoms with Crippen LogP contribution in [0.4, 0.5) is 5.69 Å². The summed E-state index contributed by atoms with van der Waals surface area (Å²) in [6, 6.07) is 7.14. The van der Waals surface area contributed by atoms with Crippen molar-refractivity contribution in [3.63, 3.8) is 0 Å². The van der Waals surface area contributed by atoms with Gasteiger partial charge in [0.05, 0.1) is 22.5 Å². The highest BCUT2D eigenvalue weighted by Crippen LogP contribution is 2.60. The largest absolute Gasteiger partial charge is 0.325 e. The van der Waals surface area contributed by atoms with E-state index in [0.29, 0.717) is 30.1 Å². The molecule has 0 aromatic heterocycles. The molecule has 1 aliphatic heterocycles. The summed E-state index contributed by atoms with van der Waals surface area (Å²) in [5.74, 6) is 0.151. The van der Waals surface area contributed by atoms with Gasteiger partial charge in [-0.25, -0.2) is 0 Å². The summed E-state index contributed by atoms with van der Waals surface area (Å²) in [4.78, 5) is 39.7. The first-order valence-electron chi connectivity index (χ1n) is 10.1. The number of alkyl halides is 2. The summed E-state index contributed by atoms with van der Waals surface area (Å²) >= 11 is 13.5. The number of unbranched alkanes of at least 4 members (excludes halogenated alkanes) is 2. The lowest BCUT2D eigenvalue weighted by Gasteiger charge is -2.28. The standard InChI is InChI=1S/C21H23Br2ClN2O3/c22-18-11-10-12(19(18)23)17-16(11)20(28)26(21(17)29)9-5-1-2-8-15(27)25-14-7-4-3-6-13(14)24/h3-4,6-7,11-12,16-19H,1-2,5,8-10H2,(H,25,27)/t11-,12+,16-,17+,18-,19+. The van der Waals surface area contributed by atoms with Crippen LogP contribution in [0.2, 0.25) is 5.02 Å². The second-order valence-electron chi connectivity index (χ2n) is 8.17. The maximum atomic E-state index is 12.8. The summed E-state index contributed by atoms with van der Waals surface area (Å²) < 4.78 is 0. The Labute approximate surface area is 192 Å². The van der Waals surface area contributed by atoms with Gasteiger partial charge in [-0.05, 0) is 43.2 Å². The van der Waals surface area contributed by atoms with Gasteiger partial charge in [0.1, 0.15) is 0 Å². The van der Waals surface area contributed by atoms with Crippen LogP contribution in [0.25, 0.3) is 0 Å². The molecule has 3 fully saturated rings. The SMILES string of the molecule is O=C(CCCCCN1C(=O)[C@@H]2[C@H]3C[C@H]([C@H](Br)[C@@H]3Br)[C@@H]2C1=O)Nc1ccccc1Cl. The fraction of sp³-hybridized carbons (Fsp3) is 0.571. The quantitative estimate of drug-likeness (QED) is 0.309. The second kappa shape index (κ2) is 8.67. The molecule has 29 heavy (non-hydrogen) atoms. The first kappa shape index (κ1) is 21.3. The molecule has 156 valence electrons.